The molecule has 2 rings (SSSR count). The van der Waals surface area contributed by atoms with Gasteiger partial charge in [-0.05, 0) is 68.9 Å². The number of phenolic OH excluding ortho intramolecular Hbond substituents is 2. The minimum Gasteiger partial charge on any atom is -0.507 e. The van der Waals surface area contributed by atoms with Crippen molar-refractivity contribution in [1.29, 1.82) is 0 Å². The van der Waals surface area contributed by atoms with Crippen molar-refractivity contribution in [3.05, 3.63) is 57.6 Å². The quantitative estimate of drug-likeness (QED) is 0.112. The number of hydrogen-bond acceptors (Lipinski definition) is 8. The van der Waals surface area contributed by atoms with Gasteiger partial charge in [-0.15, -0.1) is 0 Å². The summed E-state index contributed by atoms with van der Waals surface area (Å²) in [6, 6.07) is 7.70. The number of carbonyl (C=O) groups is 4. The number of phenols is 2. The minimum absolute atomic E-state index is 0.0371. The van der Waals surface area contributed by atoms with Crippen LogP contribution in [0.2, 0.25) is 0 Å². The van der Waals surface area contributed by atoms with Gasteiger partial charge < -0.3 is 30.3 Å². The summed E-state index contributed by atoms with van der Waals surface area (Å²) in [5.41, 5.74) is 4.68. The molecule has 0 spiro atoms. The van der Waals surface area contributed by atoms with Crippen LogP contribution in [0.5, 0.6) is 11.5 Å². The molecule has 2 aromatic rings. The number of ether oxygens (including phenoxy) is 2. The Bertz CT molecular complexity index is 1340. The van der Waals surface area contributed by atoms with Gasteiger partial charge in [-0.1, -0.05) is 93.5 Å². The molecule has 2 amide bonds. The zero-order chi connectivity index (χ0) is 36.4. The number of aromatic hydroxyl groups is 2. The summed E-state index contributed by atoms with van der Waals surface area (Å²) in [7, 11) is 0. The number of nitrogens with one attached hydrogen (secondary N) is 2. The average molecular weight is 669 g/mol. The zero-order valence-electron chi connectivity index (χ0n) is 30.5. The lowest BCUT2D eigenvalue weighted by Crippen LogP contribution is -2.42. The summed E-state index contributed by atoms with van der Waals surface area (Å²) in [6.45, 7) is 19.9. The standard InChI is InChI=1S/C38H56N2O8/c1-23(2)27-19-25(21-29(33(27)43)37(5,6)7)11-13-31(41)47-17-15-39-35(45)36(46)40-16-18-48-32(42)14-12-26-20-28(24(3)4)34(44)30(22-26)38(8,9)10/h19-24,43-44H,11-18H2,1-10H3,(H,39,45)(H,40,46). The van der Waals surface area contributed by atoms with Crippen molar-refractivity contribution in [2.75, 3.05) is 26.3 Å². The van der Waals surface area contributed by atoms with E-state index in [4.69, 9.17) is 9.47 Å². The molecule has 4 N–H and O–H groups in total. The lowest BCUT2D eigenvalue weighted by atomic mass is 9.82. The van der Waals surface area contributed by atoms with E-state index < -0.39 is 23.8 Å². The summed E-state index contributed by atoms with van der Waals surface area (Å²) in [5.74, 6) is -1.82. The highest BCUT2D eigenvalue weighted by atomic mass is 16.5. The van der Waals surface area contributed by atoms with Crippen molar-refractivity contribution >= 4 is 23.8 Å². The molecule has 0 unspecified atom stereocenters. The Morgan fingerprint density at radius 1 is 0.625 bits per heavy atom. The first-order valence-corrected chi connectivity index (χ1v) is 16.8. The third kappa shape index (κ3) is 12.2. The van der Waals surface area contributed by atoms with Crippen molar-refractivity contribution in [1.82, 2.24) is 10.6 Å². The van der Waals surface area contributed by atoms with Gasteiger partial charge in [-0.25, -0.2) is 0 Å². The maximum absolute atomic E-state index is 12.3. The molecule has 0 heterocycles. The highest BCUT2D eigenvalue weighted by Crippen LogP contribution is 2.39. The van der Waals surface area contributed by atoms with E-state index in [1.165, 1.54) is 0 Å². The van der Waals surface area contributed by atoms with Crippen molar-refractivity contribution < 1.29 is 38.9 Å². The monoisotopic (exact) mass is 668 g/mol. The van der Waals surface area contributed by atoms with E-state index in [1.54, 1.807) is 0 Å². The molecular weight excluding hydrogens is 612 g/mol. The highest BCUT2D eigenvalue weighted by molar-refractivity contribution is 6.35. The second kappa shape index (κ2) is 17.4. The summed E-state index contributed by atoms with van der Waals surface area (Å²) in [4.78, 5) is 48.8. The molecule has 10 heteroatoms. The Morgan fingerprint density at radius 2 is 0.958 bits per heavy atom. The number of rotatable bonds is 14. The number of amides is 2. The molecule has 48 heavy (non-hydrogen) atoms. The van der Waals surface area contributed by atoms with Crippen LogP contribution in [0.3, 0.4) is 0 Å². The van der Waals surface area contributed by atoms with E-state index in [9.17, 15) is 29.4 Å². The van der Waals surface area contributed by atoms with Gasteiger partial charge in [-0.2, -0.15) is 0 Å². The molecule has 0 saturated heterocycles. The van der Waals surface area contributed by atoms with E-state index in [0.717, 1.165) is 33.4 Å². The largest absolute Gasteiger partial charge is 0.507 e. The molecule has 0 atom stereocenters. The molecule has 0 aliphatic carbocycles. The first-order valence-electron chi connectivity index (χ1n) is 16.8. The van der Waals surface area contributed by atoms with Gasteiger partial charge in [-0.3, -0.25) is 19.2 Å². The topological polar surface area (TPSA) is 151 Å². The number of aryl methyl sites for hydroxylation is 2. The van der Waals surface area contributed by atoms with Crippen LogP contribution in [0.15, 0.2) is 24.3 Å². The fraction of sp³-hybridized carbons (Fsp3) is 0.579. The second-order valence-corrected chi connectivity index (χ2v) is 14.9. The molecule has 0 fully saturated rings. The second-order valence-electron chi connectivity index (χ2n) is 14.9. The number of carbonyl (C=O) groups excluding carboxylic acids is 4. The summed E-state index contributed by atoms with van der Waals surface area (Å²) in [6.07, 6.45) is 1.14. The fourth-order valence-electron chi connectivity index (χ4n) is 5.21. The van der Waals surface area contributed by atoms with Crippen LogP contribution in [-0.2, 0) is 52.3 Å². The Balaban J connectivity index is 1.70. The average Bonchev–Trinajstić information content (AvgIpc) is 2.98. The molecule has 10 nitrogen and oxygen atoms in total. The molecule has 0 aromatic heterocycles. The van der Waals surface area contributed by atoms with Crippen LogP contribution in [-0.4, -0.2) is 60.3 Å². The molecule has 266 valence electrons. The summed E-state index contributed by atoms with van der Waals surface area (Å²) < 4.78 is 10.4. The van der Waals surface area contributed by atoms with Gasteiger partial charge in [0, 0.05) is 12.8 Å². The molecule has 0 saturated carbocycles. The molecule has 0 aliphatic heterocycles. The Morgan fingerprint density at radius 3 is 1.25 bits per heavy atom. The van der Waals surface area contributed by atoms with Crippen molar-refractivity contribution in [3.8, 4) is 11.5 Å². The Hall–Kier alpha value is -4.08. The van der Waals surface area contributed by atoms with Gasteiger partial charge in [0.15, 0.2) is 0 Å². The van der Waals surface area contributed by atoms with Crippen LogP contribution in [0.1, 0.15) is 127 Å². The smallest absolute Gasteiger partial charge is 0.309 e. The fourth-order valence-corrected chi connectivity index (χ4v) is 5.21. The lowest BCUT2D eigenvalue weighted by Gasteiger charge is -2.24. The number of hydrogen-bond donors (Lipinski definition) is 4. The van der Waals surface area contributed by atoms with E-state index in [1.807, 2.05) is 93.5 Å². The Kier molecular flexibility index (Phi) is 14.5. The van der Waals surface area contributed by atoms with Crippen LogP contribution in [0.4, 0.5) is 0 Å². The normalized spacial score (nSPS) is 11.8. The number of esters is 2. The summed E-state index contributed by atoms with van der Waals surface area (Å²) >= 11 is 0. The van der Waals surface area contributed by atoms with E-state index >= 15 is 0 Å². The zero-order valence-corrected chi connectivity index (χ0v) is 30.5. The Labute approximate surface area is 286 Å². The van der Waals surface area contributed by atoms with E-state index in [2.05, 4.69) is 10.6 Å². The summed E-state index contributed by atoms with van der Waals surface area (Å²) in [5, 5.41) is 26.3. The van der Waals surface area contributed by atoms with Gasteiger partial charge in [0.25, 0.3) is 0 Å². The van der Waals surface area contributed by atoms with Gasteiger partial charge in [0.2, 0.25) is 0 Å². The van der Waals surface area contributed by atoms with Gasteiger partial charge in [0.1, 0.15) is 24.7 Å². The van der Waals surface area contributed by atoms with Crippen molar-refractivity contribution in [2.45, 2.75) is 118 Å². The third-order valence-electron chi connectivity index (χ3n) is 8.00. The van der Waals surface area contributed by atoms with Crippen molar-refractivity contribution in [3.63, 3.8) is 0 Å². The first kappa shape index (κ1) is 40.1. The molecular formula is C38H56N2O8. The number of benzene rings is 2. The molecule has 0 aliphatic rings. The van der Waals surface area contributed by atoms with E-state index in [-0.39, 0.29) is 61.8 Å². The van der Waals surface area contributed by atoms with E-state index in [0.29, 0.717) is 24.3 Å². The lowest BCUT2D eigenvalue weighted by molar-refractivity contribution is -0.145. The van der Waals surface area contributed by atoms with Crippen LogP contribution >= 0.6 is 0 Å². The van der Waals surface area contributed by atoms with Crippen LogP contribution < -0.4 is 10.6 Å². The van der Waals surface area contributed by atoms with Crippen molar-refractivity contribution in [2.24, 2.45) is 0 Å². The van der Waals surface area contributed by atoms with Gasteiger partial charge in [0.05, 0.1) is 13.1 Å². The molecule has 0 bridgehead atoms. The predicted octanol–water partition coefficient (Wildman–Crippen LogP) is 5.82. The highest BCUT2D eigenvalue weighted by Gasteiger charge is 2.24. The maximum atomic E-state index is 12.3. The minimum atomic E-state index is -0.889. The molecule has 2 aromatic carbocycles. The SMILES string of the molecule is CC(C)c1cc(CCC(=O)OCCNC(=O)C(=O)NCCOC(=O)CCc2cc(C(C)C)c(O)c(C(C)(C)C)c2)cc(C(C)(C)C)c1O. The maximum Gasteiger partial charge on any atom is 0.309 e. The van der Waals surface area contributed by atoms with Gasteiger partial charge >= 0.3 is 23.8 Å². The molecule has 0 radical (unpaired) electrons. The van der Waals surface area contributed by atoms with Crippen LogP contribution in [0, 0.1) is 0 Å². The third-order valence-corrected chi connectivity index (χ3v) is 8.00. The predicted molar refractivity (Wildman–Crippen MR) is 186 cm³/mol. The van der Waals surface area contributed by atoms with Crippen LogP contribution in [0.25, 0.3) is 0 Å². The first-order chi connectivity index (χ1) is 22.2.